The number of aryl methyl sites for hydroxylation is 1. The Labute approximate surface area is 415 Å². The summed E-state index contributed by atoms with van der Waals surface area (Å²) in [5, 5.41) is 22.9. The van der Waals surface area contributed by atoms with Gasteiger partial charge >= 0.3 is 0 Å². The van der Waals surface area contributed by atoms with E-state index in [4.69, 9.17) is 64.6 Å². The lowest BCUT2D eigenvalue weighted by Gasteiger charge is -2.11. The molecule has 3 fully saturated rings. The summed E-state index contributed by atoms with van der Waals surface area (Å²) in [7, 11) is 0. The number of halogens is 5. The van der Waals surface area contributed by atoms with E-state index in [1.807, 2.05) is 37.3 Å². The summed E-state index contributed by atoms with van der Waals surface area (Å²) in [5.41, 5.74) is 5.62. The van der Waals surface area contributed by atoms with Crippen molar-refractivity contribution in [3.8, 4) is 12.1 Å². The van der Waals surface area contributed by atoms with Crippen molar-refractivity contribution in [2.24, 2.45) is 0 Å². The molecular formula is C43H30Cl5N9S6. The molecule has 63 heavy (non-hydrogen) atoms. The minimum atomic E-state index is 0.224. The van der Waals surface area contributed by atoms with Crippen molar-refractivity contribution in [2.75, 3.05) is 17.3 Å². The first kappa shape index (κ1) is 47.5. The molecule has 6 aromatic rings. The second-order valence-electron chi connectivity index (χ2n) is 13.2. The molecule has 0 bridgehead atoms. The van der Waals surface area contributed by atoms with Gasteiger partial charge in [-0.3, -0.25) is 13.7 Å². The molecule has 9 rings (SSSR count). The third-order valence-electron chi connectivity index (χ3n) is 9.13. The monoisotopic (exact) mass is 1040 g/mol. The average Bonchev–Trinajstić information content (AvgIpc) is 4.12. The molecule has 2 unspecified atom stereocenters. The van der Waals surface area contributed by atoms with E-state index in [0.717, 1.165) is 57.2 Å². The first-order valence-corrected chi connectivity index (χ1v) is 25.9. The van der Waals surface area contributed by atoms with Crippen LogP contribution in [0.15, 0.2) is 123 Å². The van der Waals surface area contributed by atoms with Crippen LogP contribution in [0.25, 0.3) is 22.1 Å². The van der Waals surface area contributed by atoms with Crippen LogP contribution in [-0.2, 0) is 0 Å². The number of imidazole rings is 3. The highest BCUT2D eigenvalue weighted by molar-refractivity contribution is 8.26. The van der Waals surface area contributed by atoms with Crippen LogP contribution in [0.1, 0.15) is 38.0 Å². The number of hydrogen-bond acceptors (Lipinski definition) is 11. The molecule has 3 aromatic carbocycles. The predicted molar refractivity (Wildman–Crippen MR) is 272 cm³/mol. The van der Waals surface area contributed by atoms with Gasteiger partial charge in [0.15, 0.2) is 6.33 Å². The fourth-order valence-electron chi connectivity index (χ4n) is 6.08. The number of thioether (sulfide) groups is 6. The summed E-state index contributed by atoms with van der Waals surface area (Å²) in [6.07, 6.45) is 15.3. The van der Waals surface area contributed by atoms with Gasteiger partial charge in [0.2, 0.25) is 0 Å². The summed E-state index contributed by atoms with van der Waals surface area (Å²) >= 11 is 40.8. The Balaban J connectivity index is 0.000000142. The van der Waals surface area contributed by atoms with Crippen molar-refractivity contribution >= 4 is 146 Å². The number of allylic oxidation sites excluding steroid dienone is 2. The van der Waals surface area contributed by atoms with Crippen molar-refractivity contribution in [1.82, 2.24) is 28.7 Å². The van der Waals surface area contributed by atoms with Crippen LogP contribution in [-0.4, -0.2) is 45.9 Å². The van der Waals surface area contributed by atoms with Crippen LogP contribution in [0, 0.1) is 36.2 Å². The Morgan fingerprint density at radius 3 is 1.38 bits per heavy atom. The maximum absolute atomic E-state index is 9.38. The van der Waals surface area contributed by atoms with E-state index >= 15 is 0 Å². The number of benzene rings is 3. The largest absolute Gasteiger partial charge is 0.362 e. The van der Waals surface area contributed by atoms with E-state index < -0.39 is 0 Å². The first-order valence-electron chi connectivity index (χ1n) is 18.5. The third kappa shape index (κ3) is 11.9. The average molecular weight is 1040 g/mol. The molecule has 0 amide bonds. The lowest BCUT2D eigenvalue weighted by Crippen LogP contribution is -1.93. The fourth-order valence-corrected chi connectivity index (χ4v) is 16.5. The van der Waals surface area contributed by atoms with Gasteiger partial charge < -0.3 is 4.85 Å². The van der Waals surface area contributed by atoms with Crippen LogP contribution in [0.2, 0.25) is 25.1 Å². The molecule has 6 heterocycles. The zero-order chi connectivity index (χ0) is 44.5. The quantitative estimate of drug-likeness (QED) is 0.118. The Morgan fingerprint density at radius 2 is 1.00 bits per heavy atom. The molecule has 0 aliphatic carbocycles. The number of nitriles is 2. The highest BCUT2D eigenvalue weighted by atomic mass is 35.5. The molecule has 3 aliphatic rings. The van der Waals surface area contributed by atoms with Crippen LogP contribution in [0.3, 0.4) is 0 Å². The van der Waals surface area contributed by atoms with Crippen molar-refractivity contribution in [3.63, 3.8) is 0 Å². The molecule has 3 aliphatic heterocycles. The summed E-state index contributed by atoms with van der Waals surface area (Å²) in [6, 6.07) is 21.8. The fraction of sp³-hybridized carbons (Fsp3) is 0.163. The van der Waals surface area contributed by atoms with Crippen LogP contribution < -0.4 is 0 Å². The minimum absolute atomic E-state index is 0.224. The number of aromatic nitrogens is 6. The predicted octanol–water partition coefficient (Wildman–Crippen LogP) is 15.2. The van der Waals surface area contributed by atoms with Crippen molar-refractivity contribution in [1.29, 1.82) is 10.5 Å². The van der Waals surface area contributed by atoms with E-state index in [-0.39, 0.29) is 10.5 Å². The number of hydrogen-bond donors (Lipinski definition) is 0. The molecule has 3 saturated heterocycles. The molecule has 0 saturated carbocycles. The first-order chi connectivity index (χ1) is 30.6. The molecule has 3 atom stereocenters. The maximum atomic E-state index is 9.38. The number of rotatable bonds is 6. The second kappa shape index (κ2) is 22.6. The van der Waals surface area contributed by atoms with E-state index in [9.17, 15) is 10.5 Å². The van der Waals surface area contributed by atoms with E-state index in [1.165, 1.54) is 0 Å². The maximum Gasteiger partial charge on any atom is 0.255 e. The zero-order valence-corrected chi connectivity index (χ0v) is 41.3. The molecule has 0 radical (unpaired) electrons. The van der Waals surface area contributed by atoms with Gasteiger partial charge in [-0.2, -0.15) is 10.5 Å². The van der Waals surface area contributed by atoms with Crippen LogP contribution in [0.5, 0.6) is 0 Å². The molecule has 318 valence electrons. The van der Waals surface area contributed by atoms with Crippen LogP contribution in [0.4, 0.5) is 0 Å². The van der Waals surface area contributed by atoms with Gasteiger partial charge in [0, 0.05) is 82.9 Å². The van der Waals surface area contributed by atoms with Gasteiger partial charge in [0.1, 0.15) is 23.5 Å². The van der Waals surface area contributed by atoms with Gasteiger partial charge in [0.05, 0.1) is 37.8 Å². The topological polar surface area (TPSA) is 105 Å². The molecule has 3 aromatic heterocycles. The Morgan fingerprint density at radius 1 is 0.603 bits per heavy atom. The van der Waals surface area contributed by atoms with E-state index in [2.05, 4.69) is 44.1 Å². The summed E-state index contributed by atoms with van der Waals surface area (Å²) in [4.78, 5) is 15.6. The highest BCUT2D eigenvalue weighted by Crippen LogP contribution is 2.55. The van der Waals surface area contributed by atoms with Gasteiger partial charge in [0.25, 0.3) is 5.82 Å². The van der Waals surface area contributed by atoms with Crippen molar-refractivity contribution in [2.45, 2.75) is 22.7 Å². The Bertz CT molecular complexity index is 2510. The summed E-state index contributed by atoms with van der Waals surface area (Å²) < 4.78 is 8.26. The van der Waals surface area contributed by atoms with Gasteiger partial charge in [-0.25, -0.2) is 15.0 Å². The minimum Gasteiger partial charge on any atom is -0.362 e. The standard InChI is InChI=1S/C15H12ClN3S2.2C14H9Cl2N3S2/c1-10-3-4-11(12(16)7-10)13-8-20-15(21-13)14(17-2)19-6-5-18-9-19;2*15-9-1-2-10(11(16)5-9)13-7-20-14(21-13)12(6-17)19-4-3-18-8-19/h3-7,9,13H,8H2,1H3;2*1-5,8,13H,7H2/b15-14+;14-12+;14-12-/t;13-;/m.1./s1. The normalized spacial score (nSPS) is 20.3. The highest BCUT2D eigenvalue weighted by Gasteiger charge is 2.30. The van der Waals surface area contributed by atoms with Gasteiger partial charge in [-0.1, -0.05) is 88.8 Å². The van der Waals surface area contributed by atoms with Crippen molar-refractivity contribution < 1.29 is 0 Å². The molecular weight excluding hydrogens is 1010 g/mol. The second-order valence-corrected chi connectivity index (χ2v) is 22.8. The molecule has 20 heteroatoms. The van der Waals surface area contributed by atoms with Crippen LogP contribution >= 0.6 is 129 Å². The summed E-state index contributed by atoms with van der Waals surface area (Å²) in [5.74, 6) is 3.30. The number of nitrogens with zero attached hydrogens (tertiary/aromatic N) is 9. The van der Waals surface area contributed by atoms with E-state index in [0.29, 0.717) is 42.6 Å². The molecule has 0 N–H and O–H groups in total. The lowest BCUT2D eigenvalue weighted by atomic mass is 10.1. The SMILES string of the molecule is N#C/C(=C1/SC[C@H](c2ccc(Cl)cc2Cl)S1)n1ccnc1.N#C/C(=C1\SCC(c2ccc(Cl)cc2Cl)S1)n1ccnc1.[C-]#[N+]/C(=C1/SCC(c2ccc(C)cc2Cl)S1)n1ccnc1. The Hall–Kier alpha value is -3.47. The van der Waals surface area contributed by atoms with Gasteiger partial charge in [-0.15, -0.1) is 70.6 Å². The van der Waals surface area contributed by atoms with Gasteiger partial charge in [-0.05, 0) is 59.5 Å². The van der Waals surface area contributed by atoms with Crippen molar-refractivity contribution in [3.05, 3.63) is 182 Å². The summed E-state index contributed by atoms with van der Waals surface area (Å²) in [6.45, 7) is 9.44. The molecule has 0 spiro atoms. The third-order valence-corrected chi connectivity index (χ3v) is 19.3. The zero-order valence-electron chi connectivity index (χ0n) is 32.6. The smallest absolute Gasteiger partial charge is 0.255 e. The Kier molecular flexibility index (Phi) is 17.1. The molecule has 9 nitrogen and oxygen atoms in total. The van der Waals surface area contributed by atoms with E-state index in [1.54, 1.807) is 153 Å². The lowest BCUT2D eigenvalue weighted by molar-refractivity contribution is 1.10.